The summed E-state index contributed by atoms with van der Waals surface area (Å²) < 4.78 is 0. The molecule has 1 unspecified atom stereocenters. The van der Waals surface area contributed by atoms with Crippen LogP contribution in [0.3, 0.4) is 0 Å². The van der Waals surface area contributed by atoms with Crippen LogP contribution >= 0.6 is 0 Å². The van der Waals surface area contributed by atoms with Crippen LogP contribution in [0, 0.1) is 32.1 Å². The molecule has 0 bridgehead atoms. The van der Waals surface area contributed by atoms with E-state index in [0.29, 0.717) is 12.0 Å². The summed E-state index contributed by atoms with van der Waals surface area (Å²) >= 11 is 0. The molecule has 0 aliphatic rings. The molecule has 0 spiro atoms. The number of aryl methyl sites for hydroxylation is 3. The highest BCUT2D eigenvalue weighted by Crippen LogP contribution is 2.24. The Hall–Kier alpha value is -2.11. The molecule has 2 rings (SSSR count). The molecule has 0 aliphatic carbocycles. The van der Waals surface area contributed by atoms with E-state index in [9.17, 15) is 5.11 Å². The second-order valence-electron chi connectivity index (χ2n) is 5.33. The third kappa shape index (κ3) is 3.07. The lowest BCUT2D eigenvalue weighted by Crippen LogP contribution is -2.05. The van der Waals surface area contributed by atoms with Gasteiger partial charge in [0.25, 0.3) is 0 Å². The van der Waals surface area contributed by atoms with Crippen LogP contribution in [0.5, 0.6) is 0 Å². The number of hydrogen-bond acceptors (Lipinski definition) is 2. The van der Waals surface area contributed by atoms with Crippen molar-refractivity contribution in [2.75, 3.05) is 0 Å². The topological polar surface area (TPSA) is 44.0 Å². The minimum atomic E-state index is -0.539. The van der Waals surface area contributed by atoms with Crippen LogP contribution in [0.2, 0.25) is 0 Å². The van der Waals surface area contributed by atoms with Gasteiger partial charge in [0.15, 0.2) is 0 Å². The number of nitrogens with zero attached hydrogens (tertiary/aromatic N) is 1. The van der Waals surface area contributed by atoms with Gasteiger partial charge in [-0.05, 0) is 55.2 Å². The molecule has 0 fully saturated rings. The zero-order chi connectivity index (χ0) is 14.7. The van der Waals surface area contributed by atoms with Crippen molar-refractivity contribution in [1.29, 1.82) is 5.26 Å². The van der Waals surface area contributed by atoms with Crippen LogP contribution in [-0.2, 0) is 6.42 Å². The molecule has 2 aromatic carbocycles. The van der Waals surface area contributed by atoms with Crippen molar-refractivity contribution >= 4 is 0 Å². The van der Waals surface area contributed by atoms with Gasteiger partial charge in [-0.3, -0.25) is 0 Å². The van der Waals surface area contributed by atoms with Gasteiger partial charge in [-0.1, -0.05) is 29.8 Å². The highest BCUT2D eigenvalue weighted by atomic mass is 16.3. The third-order valence-electron chi connectivity index (χ3n) is 3.66. The van der Waals surface area contributed by atoms with Crippen molar-refractivity contribution in [3.8, 4) is 6.07 Å². The number of rotatable bonds is 3. The number of aliphatic hydroxyl groups excluding tert-OH is 1. The van der Waals surface area contributed by atoms with Crippen LogP contribution < -0.4 is 0 Å². The maximum atomic E-state index is 10.4. The Morgan fingerprint density at radius 2 is 1.60 bits per heavy atom. The van der Waals surface area contributed by atoms with Gasteiger partial charge in [0.1, 0.15) is 0 Å². The Labute approximate surface area is 120 Å². The number of nitriles is 1. The van der Waals surface area contributed by atoms with E-state index >= 15 is 0 Å². The quantitative estimate of drug-likeness (QED) is 0.918. The van der Waals surface area contributed by atoms with Gasteiger partial charge in [0.2, 0.25) is 0 Å². The average Bonchev–Trinajstić information content (AvgIpc) is 2.42. The molecule has 102 valence electrons. The molecule has 0 aliphatic heterocycles. The summed E-state index contributed by atoms with van der Waals surface area (Å²) in [7, 11) is 0. The fourth-order valence-corrected chi connectivity index (χ4v) is 2.62. The first-order valence-electron chi connectivity index (χ1n) is 6.76. The fourth-order valence-electron chi connectivity index (χ4n) is 2.62. The molecule has 2 aromatic rings. The molecule has 0 radical (unpaired) electrons. The Morgan fingerprint density at radius 3 is 2.10 bits per heavy atom. The number of benzene rings is 2. The second-order valence-corrected chi connectivity index (χ2v) is 5.33. The van der Waals surface area contributed by atoms with E-state index in [1.54, 1.807) is 12.1 Å². The molecule has 0 aromatic heterocycles. The van der Waals surface area contributed by atoms with Crippen LogP contribution in [0.4, 0.5) is 0 Å². The Balaban J connectivity index is 2.23. The molecule has 2 nitrogen and oxygen atoms in total. The van der Waals surface area contributed by atoms with E-state index in [0.717, 1.165) is 5.56 Å². The summed E-state index contributed by atoms with van der Waals surface area (Å²) in [5.41, 5.74) is 6.35. The van der Waals surface area contributed by atoms with Crippen molar-refractivity contribution in [1.82, 2.24) is 0 Å². The monoisotopic (exact) mass is 265 g/mol. The van der Waals surface area contributed by atoms with E-state index in [-0.39, 0.29) is 0 Å². The van der Waals surface area contributed by atoms with Gasteiger partial charge < -0.3 is 5.11 Å². The largest absolute Gasteiger partial charge is 0.388 e. The predicted molar refractivity (Wildman–Crippen MR) is 80.5 cm³/mol. The maximum Gasteiger partial charge on any atom is 0.0991 e. The third-order valence-corrected chi connectivity index (χ3v) is 3.66. The minimum Gasteiger partial charge on any atom is -0.388 e. The van der Waals surface area contributed by atoms with E-state index in [2.05, 4.69) is 39.0 Å². The molecular weight excluding hydrogens is 246 g/mol. The molecule has 0 saturated carbocycles. The zero-order valence-electron chi connectivity index (χ0n) is 12.1. The van der Waals surface area contributed by atoms with Gasteiger partial charge in [-0.2, -0.15) is 5.26 Å². The van der Waals surface area contributed by atoms with Crippen molar-refractivity contribution < 1.29 is 5.11 Å². The minimum absolute atomic E-state index is 0.539. The first-order chi connectivity index (χ1) is 9.51. The summed E-state index contributed by atoms with van der Waals surface area (Å²) in [5, 5.41) is 19.2. The van der Waals surface area contributed by atoms with Gasteiger partial charge in [-0.15, -0.1) is 0 Å². The molecule has 2 heteroatoms. The van der Waals surface area contributed by atoms with E-state index < -0.39 is 6.10 Å². The molecule has 20 heavy (non-hydrogen) atoms. The first kappa shape index (κ1) is 14.3. The van der Waals surface area contributed by atoms with Crippen LogP contribution in [-0.4, -0.2) is 5.11 Å². The number of aliphatic hydroxyl groups is 1. The normalized spacial score (nSPS) is 11.9. The maximum absolute atomic E-state index is 10.4. The lowest BCUT2D eigenvalue weighted by molar-refractivity contribution is 0.178. The highest BCUT2D eigenvalue weighted by Gasteiger charge is 2.12. The Bertz CT molecular complexity index is 627. The molecule has 1 N–H and O–H groups in total. The lowest BCUT2D eigenvalue weighted by atomic mass is 9.93. The van der Waals surface area contributed by atoms with Crippen molar-refractivity contribution in [2.45, 2.75) is 33.3 Å². The summed E-state index contributed by atoms with van der Waals surface area (Å²) in [6.45, 7) is 6.25. The average molecular weight is 265 g/mol. The summed E-state index contributed by atoms with van der Waals surface area (Å²) in [4.78, 5) is 0. The molecule has 0 heterocycles. The Morgan fingerprint density at radius 1 is 1.05 bits per heavy atom. The smallest absolute Gasteiger partial charge is 0.0991 e. The van der Waals surface area contributed by atoms with Crippen molar-refractivity contribution in [2.24, 2.45) is 0 Å². The van der Waals surface area contributed by atoms with Crippen molar-refractivity contribution in [3.63, 3.8) is 0 Å². The zero-order valence-corrected chi connectivity index (χ0v) is 12.1. The van der Waals surface area contributed by atoms with Crippen LogP contribution in [0.1, 0.15) is 39.5 Å². The molecule has 1 atom stereocenters. The van der Waals surface area contributed by atoms with Crippen molar-refractivity contribution in [3.05, 3.63) is 69.8 Å². The summed E-state index contributed by atoms with van der Waals surface area (Å²) in [6, 6.07) is 13.5. The van der Waals surface area contributed by atoms with Crippen LogP contribution in [0.15, 0.2) is 36.4 Å². The standard InChI is InChI=1S/C18H19NO/c1-12-8-13(2)17(14(3)9-12)10-18(20)16-6-4-15(11-19)5-7-16/h4-9,18,20H,10H2,1-3H3. The van der Waals surface area contributed by atoms with E-state index in [4.69, 9.17) is 5.26 Å². The SMILES string of the molecule is Cc1cc(C)c(CC(O)c2ccc(C#N)cc2)c(C)c1. The lowest BCUT2D eigenvalue weighted by Gasteiger charge is -2.16. The summed E-state index contributed by atoms with van der Waals surface area (Å²) in [6.07, 6.45) is 0.0620. The Kier molecular flexibility index (Phi) is 4.22. The van der Waals surface area contributed by atoms with Gasteiger partial charge in [0.05, 0.1) is 17.7 Å². The van der Waals surface area contributed by atoms with E-state index in [1.165, 1.54) is 22.3 Å². The number of hydrogen-bond donors (Lipinski definition) is 1. The molecule has 0 saturated heterocycles. The fraction of sp³-hybridized carbons (Fsp3) is 0.278. The highest BCUT2D eigenvalue weighted by molar-refractivity contribution is 5.39. The molecular formula is C18H19NO. The second kappa shape index (κ2) is 5.90. The van der Waals surface area contributed by atoms with Gasteiger partial charge in [0, 0.05) is 6.42 Å². The van der Waals surface area contributed by atoms with Crippen LogP contribution in [0.25, 0.3) is 0 Å². The van der Waals surface area contributed by atoms with E-state index in [1.807, 2.05) is 12.1 Å². The summed E-state index contributed by atoms with van der Waals surface area (Å²) in [5.74, 6) is 0. The first-order valence-corrected chi connectivity index (χ1v) is 6.76. The van der Waals surface area contributed by atoms with Gasteiger partial charge >= 0.3 is 0 Å². The molecule has 0 amide bonds. The predicted octanol–water partition coefficient (Wildman–Crippen LogP) is 3.76. The van der Waals surface area contributed by atoms with Gasteiger partial charge in [-0.25, -0.2) is 0 Å².